The van der Waals surface area contributed by atoms with E-state index >= 15 is 0 Å². The molecule has 0 aromatic carbocycles. The molecule has 0 saturated carbocycles. The number of rotatable bonds is 8. The fourth-order valence-electron chi connectivity index (χ4n) is 1.43. The molecule has 0 atom stereocenters. The number of sulfonamides is 1. The molecule has 0 spiro atoms. The maximum atomic E-state index is 11.7. The lowest BCUT2D eigenvalue weighted by Crippen LogP contribution is -2.34. The van der Waals surface area contributed by atoms with E-state index in [9.17, 15) is 18.0 Å². The first kappa shape index (κ1) is 20.6. The van der Waals surface area contributed by atoms with Crippen molar-refractivity contribution in [3.05, 3.63) is 12.2 Å². The van der Waals surface area contributed by atoms with Crippen LogP contribution < -0.4 is 4.72 Å². The molecule has 0 bridgehead atoms. The largest absolute Gasteiger partial charge is 0.461 e. The second-order valence-electron chi connectivity index (χ2n) is 6.20. The maximum absolute atomic E-state index is 11.7. The van der Waals surface area contributed by atoms with Gasteiger partial charge in [0.25, 0.3) is 0 Å². The SMILES string of the molecule is CC(C)OC(=O)/C=C/C(=O)OCCNS(=O)(=O)CC(C)(C)C. The van der Waals surface area contributed by atoms with Gasteiger partial charge in [0.05, 0.1) is 11.9 Å². The van der Waals surface area contributed by atoms with Gasteiger partial charge < -0.3 is 9.47 Å². The summed E-state index contributed by atoms with van der Waals surface area (Å²) in [5.74, 6) is -1.40. The van der Waals surface area contributed by atoms with Crippen LogP contribution >= 0.6 is 0 Å². The van der Waals surface area contributed by atoms with Crippen molar-refractivity contribution >= 4 is 22.0 Å². The Hall–Kier alpha value is -1.41. The zero-order valence-electron chi connectivity index (χ0n) is 13.7. The van der Waals surface area contributed by atoms with Gasteiger partial charge in [-0.15, -0.1) is 0 Å². The molecule has 0 saturated heterocycles. The van der Waals surface area contributed by atoms with E-state index in [2.05, 4.69) is 4.72 Å². The molecule has 0 heterocycles. The van der Waals surface area contributed by atoms with Crippen LogP contribution in [0.25, 0.3) is 0 Å². The van der Waals surface area contributed by atoms with Crippen molar-refractivity contribution < 1.29 is 27.5 Å². The second kappa shape index (κ2) is 8.89. The van der Waals surface area contributed by atoms with E-state index in [4.69, 9.17) is 9.47 Å². The third kappa shape index (κ3) is 12.3. The van der Waals surface area contributed by atoms with E-state index < -0.39 is 22.0 Å². The highest BCUT2D eigenvalue weighted by atomic mass is 32.2. The summed E-state index contributed by atoms with van der Waals surface area (Å²) in [7, 11) is -3.41. The standard InChI is InChI=1S/C14H25NO6S/c1-11(2)21-13(17)7-6-12(16)20-9-8-15-22(18,19)10-14(3,4)5/h6-7,11,15H,8-10H2,1-5H3/b7-6+. The molecule has 0 rings (SSSR count). The third-order valence-electron chi connectivity index (χ3n) is 2.00. The Bertz CT molecular complexity index is 502. The van der Waals surface area contributed by atoms with Gasteiger partial charge in [-0.25, -0.2) is 22.7 Å². The number of carbonyl (C=O) groups excluding carboxylic acids is 2. The molecule has 0 aromatic heterocycles. The van der Waals surface area contributed by atoms with Gasteiger partial charge >= 0.3 is 11.9 Å². The van der Waals surface area contributed by atoms with Crippen molar-refractivity contribution in [1.82, 2.24) is 4.72 Å². The molecule has 22 heavy (non-hydrogen) atoms. The average Bonchev–Trinajstić information content (AvgIpc) is 2.28. The monoisotopic (exact) mass is 335 g/mol. The van der Waals surface area contributed by atoms with Crippen molar-refractivity contribution in [3.63, 3.8) is 0 Å². The zero-order valence-corrected chi connectivity index (χ0v) is 14.5. The minimum atomic E-state index is -3.41. The molecule has 0 unspecified atom stereocenters. The van der Waals surface area contributed by atoms with Crippen LogP contribution in [0.5, 0.6) is 0 Å². The molecular formula is C14H25NO6S. The lowest BCUT2D eigenvalue weighted by molar-refractivity contribution is -0.142. The van der Waals surface area contributed by atoms with Crippen molar-refractivity contribution in [2.75, 3.05) is 18.9 Å². The number of hydrogen-bond donors (Lipinski definition) is 1. The van der Waals surface area contributed by atoms with E-state index in [0.717, 1.165) is 12.2 Å². The molecule has 7 nitrogen and oxygen atoms in total. The first-order valence-corrected chi connectivity index (χ1v) is 8.59. The van der Waals surface area contributed by atoms with Crippen molar-refractivity contribution in [1.29, 1.82) is 0 Å². The Morgan fingerprint density at radius 2 is 1.68 bits per heavy atom. The summed E-state index contributed by atoms with van der Waals surface area (Å²) >= 11 is 0. The summed E-state index contributed by atoms with van der Waals surface area (Å²) in [6, 6.07) is 0. The van der Waals surface area contributed by atoms with Crippen LogP contribution in [0.3, 0.4) is 0 Å². The van der Waals surface area contributed by atoms with Gasteiger partial charge in [-0.2, -0.15) is 0 Å². The van der Waals surface area contributed by atoms with Crippen molar-refractivity contribution in [2.24, 2.45) is 5.41 Å². The van der Waals surface area contributed by atoms with Crippen LogP contribution in [0.15, 0.2) is 12.2 Å². The first-order valence-electron chi connectivity index (χ1n) is 6.94. The number of esters is 2. The molecule has 0 fully saturated rings. The van der Waals surface area contributed by atoms with Gasteiger partial charge in [0, 0.05) is 18.7 Å². The van der Waals surface area contributed by atoms with E-state index in [1.807, 2.05) is 20.8 Å². The van der Waals surface area contributed by atoms with Crippen LogP contribution in [0.4, 0.5) is 0 Å². The van der Waals surface area contributed by atoms with Crippen LogP contribution in [0.1, 0.15) is 34.6 Å². The molecule has 0 aliphatic carbocycles. The van der Waals surface area contributed by atoms with Gasteiger partial charge in [-0.1, -0.05) is 20.8 Å². The molecule has 0 aliphatic rings. The Morgan fingerprint density at radius 3 is 2.18 bits per heavy atom. The lowest BCUT2D eigenvalue weighted by Gasteiger charge is -2.18. The molecule has 0 aromatic rings. The summed E-state index contributed by atoms with van der Waals surface area (Å²) in [5.41, 5.74) is -0.359. The highest BCUT2D eigenvalue weighted by Gasteiger charge is 2.20. The fraction of sp³-hybridized carbons (Fsp3) is 0.714. The smallest absolute Gasteiger partial charge is 0.331 e. The molecule has 8 heteroatoms. The number of hydrogen-bond acceptors (Lipinski definition) is 6. The Morgan fingerprint density at radius 1 is 1.14 bits per heavy atom. The number of nitrogens with one attached hydrogen (secondary N) is 1. The summed E-state index contributed by atoms with van der Waals surface area (Å²) in [4.78, 5) is 22.4. The van der Waals surface area contributed by atoms with Gasteiger partial charge in [0.15, 0.2) is 0 Å². The predicted octanol–water partition coefficient (Wildman–Crippen LogP) is 1.00. The Labute approximate surface area is 132 Å². The zero-order chi connectivity index (χ0) is 17.4. The van der Waals surface area contributed by atoms with E-state index in [1.54, 1.807) is 13.8 Å². The Kier molecular flexibility index (Phi) is 8.32. The quantitative estimate of drug-likeness (QED) is 0.404. The minimum Gasteiger partial charge on any atom is -0.461 e. The molecule has 0 amide bonds. The lowest BCUT2D eigenvalue weighted by atomic mass is 10.0. The average molecular weight is 335 g/mol. The summed E-state index contributed by atoms with van der Waals surface area (Å²) in [6.45, 7) is 8.68. The second-order valence-corrected chi connectivity index (χ2v) is 8.01. The van der Waals surface area contributed by atoms with Gasteiger partial charge in [-0.3, -0.25) is 0 Å². The van der Waals surface area contributed by atoms with E-state index in [1.165, 1.54) is 0 Å². The first-order chi connectivity index (χ1) is 9.91. The predicted molar refractivity (Wildman–Crippen MR) is 82.6 cm³/mol. The van der Waals surface area contributed by atoms with Crippen molar-refractivity contribution in [3.8, 4) is 0 Å². The van der Waals surface area contributed by atoms with E-state index in [0.29, 0.717) is 0 Å². The summed E-state index contributed by atoms with van der Waals surface area (Å²) in [5, 5.41) is 0. The highest BCUT2D eigenvalue weighted by molar-refractivity contribution is 7.89. The molecular weight excluding hydrogens is 310 g/mol. The van der Waals surface area contributed by atoms with Gasteiger partial charge in [0.1, 0.15) is 6.61 Å². The van der Waals surface area contributed by atoms with Crippen LogP contribution in [0, 0.1) is 5.41 Å². The van der Waals surface area contributed by atoms with Crippen molar-refractivity contribution in [2.45, 2.75) is 40.7 Å². The maximum Gasteiger partial charge on any atom is 0.331 e. The summed E-state index contributed by atoms with van der Waals surface area (Å²) < 4.78 is 35.3. The van der Waals surface area contributed by atoms with Gasteiger partial charge in [0.2, 0.25) is 10.0 Å². The molecule has 0 aliphatic heterocycles. The van der Waals surface area contributed by atoms with Crippen LogP contribution in [-0.4, -0.2) is 45.4 Å². The topological polar surface area (TPSA) is 98.8 Å². The summed E-state index contributed by atoms with van der Waals surface area (Å²) in [6.07, 6.45) is 1.63. The number of carbonyl (C=O) groups is 2. The molecule has 0 radical (unpaired) electrons. The van der Waals surface area contributed by atoms with Crippen LogP contribution in [-0.2, 0) is 29.1 Å². The molecule has 1 N–H and O–H groups in total. The number of ether oxygens (including phenoxy) is 2. The van der Waals surface area contributed by atoms with Gasteiger partial charge in [-0.05, 0) is 19.3 Å². The minimum absolute atomic E-state index is 0.0190. The third-order valence-corrected chi connectivity index (χ3v) is 3.89. The fourth-order valence-corrected chi connectivity index (χ4v) is 3.06. The highest BCUT2D eigenvalue weighted by Crippen LogP contribution is 2.14. The molecule has 128 valence electrons. The van der Waals surface area contributed by atoms with Crippen LogP contribution in [0.2, 0.25) is 0 Å². The Balaban J connectivity index is 4.04. The van der Waals surface area contributed by atoms with E-state index in [-0.39, 0.29) is 30.4 Å². The normalized spacial score (nSPS) is 12.6.